The molecule has 1 aliphatic rings. The van der Waals surface area contributed by atoms with Crippen molar-refractivity contribution in [2.75, 3.05) is 38.0 Å². The maximum absolute atomic E-state index is 13.3. The zero-order valence-electron chi connectivity index (χ0n) is 11.5. The van der Waals surface area contributed by atoms with E-state index in [-0.39, 0.29) is 23.8 Å². The minimum Gasteiger partial charge on any atom is -0.325 e. The van der Waals surface area contributed by atoms with E-state index < -0.39 is 10.7 Å². The molecule has 2 rings (SSSR count). The van der Waals surface area contributed by atoms with Gasteiger partial charge in [0.15, 0.2) is 0 Å². The molecule has 0 unspecified atom stereocenters. The van der Waals surface area contributed by atoms with Crippen molar-refractivity contribution in [1.29, 1.82) is 0 Å². The van der Waals surface area contributed by atoms with Crippen LogP contribution in [0.15, 0.2) is 18.2 Å². The van der Waals surface area contributed by atoms with E-state index in [4.69, 9.17) is 0 Å². The molecule has 0 aliphatic carbocycles. The van der Waals surface area contributed by atoms with Crippen LogP contribution in [0.4, 0.5) is 15.8 Å². The Morgan fingerprint density at radius 3 is 2.95 bits per heavy atom. The van der Waals surface area contributed by atoms with Gasteiger partial charge in [0, 0.05) is 19.2 Å². The Hall–Kier alpha value is -2.06. The van der Waals surface area contributed by atoms with Crippen molar-refractivity contribution in [2.45, 2.75) is 6.42 Å². The molecule has 1 amide bonds. The Labute approximate surface area is 121 Å². The van der Waals surface area contributed by atoms with Gasteiger partial charge in [-0.15, -0.1) is 0 Å². The van der Waals surface area contributed by atoms with Crippen LogP contribution < -0.4 is 10.6 Å². The molecule has 0 atom stereocenters. The molecule has 21 heavy (non-hydrogen) atoms. The van der Waals surface area contributed by atoms with Crippen LogP contribution in [0.3, 0.4) is 0 Å². The summed E-state index contributed by atoms with van der Waals surface area (Å²) >= 11 is 0. The second-order valence-electron chi connectivity index (χ2n) is 4.88. The smallest absolute Gasteiger partial charge is 0.274 e. The summed E-state index contributed by atoms with van der Waals surface area (Å²) in [6.07, 6.45) is 0.957. The number of nitro groups is 1. The summed E-state index contributed by atoms with van der Waals surface area (Å²) in [4.78, 5) is 23.9. The Kier molecular flexibility index (Phi) is 5.18. The molecule has 0 bridgehead atoms. The van der Waals surface area contributed by atoms with Gasteiger partial charge < -0.3 is 10.6 Å². The summed E-state index contributed by atoms with van der Waals surface area (Å²) in [6.45, 7) is 3.50. The van der Waals surface area contributed by atoms with E-state index in [1.807, 2.05) is 4.90 Å². The highest BCUT2D eigenvalue weighted by atomic mass is 19.1. The summed E-state index contributed by atoms with van der Waals surface area (Å²) in [5.74, 6) is -1.06. The molecule has 114 valence electrons. The van der Waals surface area contributed by atoms with Gasteiger partial charge in [-0.3, -0.25) is 19.8 Å². The summed E-state index contributed by atoms with van der Waals surface area (Å²) in [6, 6.07) is 3.02. The highest BCUT2D eigenvalue weighted by molar-refractivity contribution is 5.92. The SMILES string of the molecule is O=C(CN1CCCNCC1)Nc1cc(F)cc([N+](=O)[O-])c1. The lowest BCUT2D eigenvalue weighted by atomic mass is 10.2. The first-order valence-electron chi connectivity index (χ1n) is 6.72. The van der Waals surface area contributed by atoms with E-state index >= 15 is 0 Å². The Balaban J connectivity index is 1.97. The molecule has 8 heteroatoms. The van der Waals surface area contributed by atoms with Crippen molar-refractivity contribution in [3.05, 3.63) is 34.1 Å². The Morgan fingerprint density at radius 2 is 2.19 bits per heavy atom. The fourth-order valence-electron chi connectivity index (χ4n) is 2.22. The van der Waals surface area contributed by atoms with Gasteiger partial charge in [-0.2, -0.15) is 0 Å². The first-order chi connectivity index (χ1) is 10.0. The number of carbonyl (C=O) groups excluding carboxylic acids is 1. The van der Waals surface area contributed by atoms with Crippen LogP contribution in [0.1, 0.15) is 6.42 Å². The van der Waals surface area contributed by atoms with Crippen molar-refractivity contribution in [3.8, 4) is 0 Å². The number of non-ortho nitro benzene ring substituents is 1. The predicted octanol–water partition coefficient (Wildman–Crippen LogP) is 0.968. The zero-order chi connectivity index (χ0) is 15.2. The number of nitrogens with one attached hydrogen (secondary N) is 2. The standard InChI is InChI=1S/C13H17FN4O3/c14-10-6-11(8-12(7-10)18(20)21)16-13(19)9-17-4-1-2-15-3-5-17/h6-8,15H,1-5,9H2,(H,16,19). The molecule has 0 radical (unpaired) electrons. The average Bonchev–Trinajstić information content (AvgIpc) is 2.66. The fourth-order valence-corrected chi connectivity index (χ4v) is 2.22. The predicted molar refractivity (Wildman–Crippen MR) is 75.6 cm³/mol. The molecular weight excluding hydrogens is 279 g/mol. The number of hydrogen-bond acceptors (Lipinski definition) is 5. The first kappa shape index (κ1) is 15.3. The maximum atomic E-state index is 13.3. The van der Waals surface area contributed by atoms with E-state index in [1.165, 1.54) is 0 Å². The average molecular weight is 296 g/mol. The highest BCUT2D eigenvalue weighted by Gasteiger charge is 2.15. The number of hydrogen-bond donors (Lipinski definition) is 2. The minimum atomic E-state index is -0.751. The third-order valence-electron chi connectivity index (χ3n) is 3.18. The Bertz CT molecular complexity index is 530. The largest absolute Gasteiger partial charge is 0.325 e. The van der Waals surface area contributed by atoms with Crippen molar-refractivity contribution < 1.29 is 14.1 Å². The molecule has 0 aromatic heterocycles. The molecular formula is C13H17FN4O3. The number of nitro benzene ring substituents is 1. The van der Waals surface area contributed by atoms with Crippen molar-refractivity contribution >= 4 is 17.3 Å². The summed E-state index contributed by atoms with van der Waals surface area (Å²) < 4.78 is 13.3. The molecule has 1 fully saturated rings. The minimum absolute atomic E-state index is 0.0969. The van der Waals surface area contributed by atoms with E-state index in [2.05, 4.69) is 10.6 Å². The van der Waals surface area contributed by atoms with Crippen molar-refractivity contribution in [2.24, 2.45) is 0 Å². The number of nitrogens with zero attached hydrogens (tertiary/aromatic N) is 2. The Morgan fingerprint density at radius 1 is 1.38 bits per heavy atom. The lowest BCUT2D eigenvalue weighted by molar-refractivity contribution is -0.385. The third-order valence-corrected chi connectivity index (χ3v) is 3.18. The van der Waals surface area contributed by atoms with Crippen LogP contribution in [0, 0.1) is 15.9 Å². The molecule has 7 nitrogen and oxygen atoms in total. The molecule has 0 saturated carbocycles. The molecule has 1 aliphatic heterocycles. The van der Waals surface area contributed by atoms with Gasteiger partial charge in [0.05, 0.1) is 23.2 Å². The van der Waals surface area contributed by atoms with Crippen LogP contribution in [0.5, 0.6) is 0 Å². The van der Waals surface area contributed by atoms with Crippen molar-refractivity contribution in [3.63, 3.8) is 0 Å². The number of amides is 1. The summed E-state index contributed by atoms with van der Waals surface area (Å²) in [5, 5.41) is 16.4. The normalized spacial score (nSPS) is 16.2. The van der Waals surface area contributed by atoms with Gasteiger partial charge in [0.2, 0.25) is 5.91 Å². The van der Waals surface area contributed by atoms with Gasteiger partial charge in [0.1, 0.15) is 5.82 Å². The lowest BCUT2D eigenvalue weighted by Gasteiger charge is -2.18. The van der Waals surface area contributed by atoms with Gasteiger partial charge in [-0.1, -0.05) is 0 Å². The van der Waals surface area contributed by atoms with Gasteiger partial charge in [-0.05, 0) is 25.6 Å². The fraction of sp³-hybridized carbons (Fsp3) is 0.462. The molecule has 2 N–H and O–H groups in total. The summed E-state index contributed by atoms with van der Waals surface area (Å²) in [5.41, 5.74) is -0.288. The number of rotatable bonds is 4. The van der Waals surface area contributed by atoms with E-state index in [1.54, 1.807) is 0 Å². The molecule has 1 heterocycles. The lowest BCUT2D eigenvalue weighted by Crippen LogP contribution is -2.35. The number of benzene rings is 1. The highest BCUT2D eigenvalue weighted by Crippen LogP contribution is 2.19. The maximum Gasteiger partial charge on any atom is 0.274 e. The number of carbonyl (C=O) groups is 1. The quantitative estimate of drug-likeness (QED) is 0.638. The first-order valence-corrected chi connectivity index (χ1v) is 6.72. The van der Waals surface area contributed by atoms with Gasteiger partial charge in [0.25, 0.3) is 5.69 Å². The molecule has 0 spiro atoms. The van der Waals surface area contributed by atoms with Gasteiger partial charge >= 0.3 is 0 Å². The summed E-state index contributed by atoms with van der Waals surface area (Å²) in [7, 11) is 0. The van der Waals surface area contributed by atoms with E-state index in [9.17, 15) is 19.3 Å². The molecule has 1 aromatic carbocycles. The van der Waals surface area contributed by atoms with Crippen LogP contribution in [0.25, 0.3) is 0 Å². The monoisotopic (exact) mass is 296 g/mol. The topological polar surface area (TPSA) is 87.5 Å². The molecule has 1 aromatic rings. The van der Waals surface area contributed by atoms with Crippen LogP contribution in [0.2, 0.25) is 0 Å². The van der Waals surface area contributed by atoms with E-state index in [0.29, 0.717) is 0 Å². The van der Waals surface area contributed by atoms with Gasteiger partial charge in [-0.25, -0.2) is 4.39 Å². The number of halogens is 1. The van der Waals surface area contributed by atoms with Crippen molar-refractivity contribution in [1.82, 2.24) is 10.2 Å². The second-order valence-corrected chi connectivity index (χ2v) is 4.88. The zero-order valence-corrected chi connectivity index (χ0v) is 11.5. The van der Waals surface area contributed by atoms with Crippen LogP contribution >= 0.6 is 0 Å². The molecule has 1 saturated heterocycles. The van der Waals surface area contributed by atoms with E-state index in [0.717, 1.165) is 50.8 Å². The van der Waals surface area contributed by atoms with Crippen LogP contribution in [-0.4, -0.2) is 48.5 Å². The number of anilines is 1. The second kappa shape index (κ2) is 7.09. The van der Waals surface area contributed by atoms with Crippen LogP contribution in [-0.2, 0) is 4.79 Å². The third kappa shape index (κ3) is 4.76.